The van der Waals surface area contributed by atoms with Crippen LogP contribution in [0.25, 0.3) is 5.65 Å². The number of nitrogens with zero attached hydrogens (tertiary/aromatic N) is 4. The summed E-state index contributed by atoms with van der Waals surface area (Å²) in [7, 11) is 4.07. The van der Waals surface area contributed by atoms with Gasteiger partial charge in [0.15, 0.2) is 5.65 Å². The Morgan fingerprint density at radius 2 is 1.76 bits per heavy atom. The van der Waals surface area contributed by atoms with Gasteiger partial charge in [0.1, 0.15) is 11.6 Å². The molecule has 0 fully saturated rings. The number of aromatic nitrogens is 3. The number of hydrogen-bond donors (Lipinski definition) is 0. The van der Waals surface area contributed by atoms with E-state index >= 15 is 0 Å². The van der Waals surface area contributed by atoms with Gasteiger partial charge < -0.3 is 4.90 Å². The third kappa shape index (κ3) is 1.88. The van der Waals surface area contributed by atoms with Crippen molar-refractivity contribution in [2.24, 2.45) is 0 Å². The molecule has 0 atom stereocenters. The van der Waals surface area contributed by atoms with Gasteiger partial charge in [0.05, 0.1) is 0 Å². The summed E-state index contributed by atoms with van der Waals surface area (Å²) in [6, 6.07) is 4.28. The van der Waals surface area contributed by atoms with Crippen LogP contribution in [0.5, 0.6) is 0 Å². The van der Waals surface area contributed by atoms with E-state index in [9.17, 15) is 0 Å². The van der Waals surface area contributed by atoms with Gasteiger partial charge in [-0.15, -0.1) is 10.2 Å². The Morgan fingerprint density at radius 1 is 1.12 bits per heavy atom. The van der Waals surface area contributed by atoms with E-state index in [-0.39, 0.29) is 5.41 Å². The molecule has 2 heterocycles. The van der Waals surface area contributed by atoms with Crippen molar-refractivity contribution < 1.29 is 0 Å². The molecule has 0 bridgehead atoms. The lowest BCUT2D eigenvalue weighted by molar-refractivity contribution is 0.591. The van der Waals surface area contributed by atoms with Crippen LogP contribution in [0.1, 0.15) is 32.2 Å². The molecule has 0 amide bonds. The number of pyridine rings is 1. The van der Waals surface area contributed by atoms with Crippen LogP contribution in [0.4, 0.5) is 5.82 Å². The van der Waals surface area contributed by atoms with Crippen LogP contribution in [0.15, 0.2) is 12.1 Å². The van der Waals surface area contributed by atoms with Gasteiger partial charge >= 0.3 is 0 Å². The molecular formula is C13H20N4. The molecule has 0 aliphatic heterocycles. The highest BCUT2D eigenvalue weighted by atomic mass is 15.3. The van der Waals surface area contributed by atoms with Gasteiger partial charge in [0, 0.05) is 19.7 Å². The Balaban J connectivity index is 2.82. The van der Waals surface area contributed by atoms with Crippen molar-refractivity contribution in [3.05, 3.63) is 23.5 Å². The Kier molecular flexibility index (Phi) is 2.60. The molecule has 0 aliphatic carbocycles. The largest absolute Gasteiger partial charge is 0.364 e. The average Bonchev–Trinajstić information content (AvgIpc) is 2.58. The van der Waals surface area contributed by atoms with Crippen molar-refractivity contribution in [2.75, 3.05) is 19.0 Å². The van der Waals surface area contributed by atoms with Crippen molar-refractivity contribution in [1.82, 2.24) is 14.6 Å². The van der Waals surface area contributed by atoms with Crippen LogP contribution in [0, 0.1) is 6.92 Å². The molecule has 17 heavy (non-hydrogen) atoms. The fraction of sp³-hybridized carbons (Fsp3) is 0.538. The molecule has 2 rings (SSSR count). The van der Waals surface area contributed by atoms with Gasteiger partial charge in [0.2, 0.25) is 0 Å². The lowest BCUT2D eigenvalue weighted by atomic mass is 9.88. The highest BCUT2D eigenvalue weighted by Gasteiger charge is 2.21. The predicted octanol–water partition coefficient (Wildman–Crippen LogP) is 2.40. The molecule has 2 aromatic heterocycles. The summed E-state index contributed by atoms with van der Waals surface area (Å²) in [6.07, 6.45) is 0. The summed E-state index contributed by atoms with van der Waals surface area (Å²) in [4.78, 5) is 2.08. The fourth-order valence-electron chi connectivity index (χ4n) is 2.05. The molecular weight excluding hydrogens is 212 g/mol. The van der Waals surface area contributed by atoms with Gasteiger partial charge in [-0.25, -0.2) is 0 Å². The zero-order chi connectivity index (χ0) is 12.8. The van der Waals surface area contributed by atoms with Crippen molar-refractivity contribution >= 4 is 11.5 Å². The second-order valence-corrected chi connectivity index (χ2v) is 5.66. The molecule has 0 unspecified atom stereocenters. The zero-order valence-corrected chi connectivity index (χ0v) is 11.4. The van der Waals surface area contributed by atoms with Crippen LogP contribution in [-0.2, 0) is 5.41 Å². The third-order valence-electron chi connectivity index (χ3n) is 2.96. The first-order chi connectivity index (χ1) is 7.82. The van der Waals surface area contributed by atoms with Crippen molar-refractivity contribution in [2.45, 2.75) is 33.1 Å². The third-order valence-corrected chi connectivity index (χ3v) is 2.96. The monoisotopic (exact) mass is 232 g/mol. The predicted molar refractivity (Wildman–Crippen MR) is 70.8 cm³/mol. The van der Waals surface area contributed by atoms with E-state index in [2.05, 4.69) is 52.4 Å². The van der Waals surface area contributed by atoms with Gasteiger partial charge in [-0.2, -0.15) is 0 Å². The maximum Gasteiger partial charge on any atom is 0.166 e. The molecule has 0 spiro atoms. The SMILES string of the molecule is Cc1nnc2c(C(C)(C)C)ccc(N(C)C)n12. The number of hydrogen-bond acceptors (Lipinski definition) is 3. The van der Waals surface area contributed by atoms with Crippen molar-refractivity contribution in [1.29, 1.82) is 0 Å². The van der Waals surface area contributed by atoms with E-state index in [1.165, 1.54) is 5.56 Å². The molecule has 0 radical (unpaired) electrons. The Morgan fingerprint density at radius 3 is 2.29 bits per heavy atom. The van der Waals surface area contributed by atoms with Crippen molar-refractivity contribution in [3.63, 3.8) is 0 Å². The minimum absolute atomic E-state index is 0.0750. The van der Waals surface area contributed by atoms with Gasteiger partial charge in [-0.05, 0) is 18.4 Å². The summed E-state index contributed by atoms with van der Waals surface area (Å²) in [6.45, 7) is 8.57. The van der Waals surface area contributed by atoms with Crippen LogP contribution in [-0.4, -0.2) is 28.7 Å². The maximum atomic E-state index is 4.31. The first kappa shape index (κ1) is 11.9. The normalized spacial score (nSPS) is 12.1. The van der Waals surface area contributed by atoms with Gasteiger partial charge in [-0.1, -0.05) is 26.8 Å². The van der Waals surface area contributed by atoms with E-state index < -0.39 is 0 Å². The molecule has 0 saturated heterocycles. The topological polar surface area (TPSA) is 33.4 Å². The number of fused-ring (bicyclic) bond motifs is 1. The van der Waals surface area contributed by atoms with E-state index in [0.29, 0.717) is 0 Å². The molecule has 0 aliphatic rings. The molecule has 0 N–H and O–H groups in total. The van der Waals surface area contributed by atoms with E-state index in [1.54, 1.807) is 0 Å². The molecule has 2 aromatic rings. The lowest BCUT2D eigenvalue weighted by Gasteiger charge is -2.22. The number of anilines is 1. The minimum Gasteiger partial charge on any atom is -0.364 e. The van der Waals surface area contributed by atoms with E-state index in [0.717, 1.165) is 17.3 Å². The molecule has 4 nitrogen and oxygen atoms in total. The van der Waals surface area contributed by atoms with Crippen LogP contribution in [0.2, 0.25) is 0 Å². The Bertz CT molecular complexity index is 546. The van der Waals surface area contributed by atoms with Crippen LogP contribution in [0.3, 0.4) is 0 Å². The van der Waals surface area contributed by atoms with E-state index in [4.69, 9.17) is 0 Å². The summed E-state index contributed by atoms with van der Waals surface area (Å²) in [5, 5.41) is 8.51. The maximum absolute atomic E-state index is 4.31. The minimum atomic E-state index is 0.0750. The summed E-state index contributed by atoms with van der Waals surface area (Å²) in [5.74, 6) is 2.03. The zero-order valence-electron chi connectivity index (χ0n) is 11.4. The summed E-state index contributed by atoms with van der Waals surface area (Å²) < 4.78 is 2.11. The molecule has 92 valence electrons. The highest BCUT2D eigenvalue weighted by Crippen LogP contribution is 2.28. The van der Waals surface area contributed by atoms with Gasteiger partial charge in [-0.3, -0.25) is 4.40 Å². The first-order valence-corrected chi connectivity index (χ1v) is 5.85. The van der Waals surface area contributed by atoms with Crippen LogP contribution < -0.4 is 4.90 Å². The lowest BCUT2D eigenvalue weighted by Crippen LogP contribution is -2.18. The van der Waals surface area contributed by atoms with Crippen molar-refractivity contribution in [3.8, 4) is 0 Å². The van der Waals surface area contributed by atoms with E-state index in [1.807, 2.05) is 21.0 Å². The smallest absolute Gasteiger partial charge is 0.166 e. The van der Waals surface area contributed by atoms with Crippen LogP contribution >= 0.6 is 0 Å². The molecule has 4 heteroatoms. The standard InChI is InChI=1S/C13H20N4/c1-9-14-15-12-10(13(2,3)4)7-8-11(16(5)6)17(9)12/h7-8H,1-6H3. The molecule has 0 aromatic carbocycles. The quantitative estimate of drug-likeness (QED) is 0.757. The average molecular weight is 232 g/mol. The fourth-order valence-corrected chi connectivity index (χ4v) is 2.05. The summed E-state index contributed by atoms with van der Waals surface area (Å²) >= 11 is 0. The number of aryl methyl sites for hydroxylation is 1. The molecule has 0 saturated carbocycles. The number of rotatable bonds is 1. The summed E-state index contributed by atoms with van der Waals surface area (Å²) in [5.41, 5.74) is 2.26. The Labute approximate surface area is 102 Å². The Hall–Kier alpha value is -1.58. The second-order valence-electron chi connectivity index (χ2n) is 5.66. The highest BCUT2D eigenvalue weighted by molar-refractivity contribution is 5.58. The first-order valence-electron chi connectivity index (χ1n) is 5.85. The van der Waals surface area contributed by atoms with Gasteiger partial charge in [0.25, 0.3) is 0 Å². The second kappa shape index (κ2) is 3.72.